The van der Waals surface area contributed by atoms with Crippen molar-refractivity contribution in [3.05, 3.63) is 59.2 Å². The molecule has 25 heavy (non-hydrogen) atoms. The quantitative estimate of drug-likeness (QED) is 0.475. The van der Waals surface area contributed by atoms with Gasteiger partial charge in [0.05, 0.1) is 18.4 Å². The van der Waals surface area contributed by atoms with Crippen LogP contribution in [0.1, 0.15) is 16.1 Å². The standard InChI is InChI=1S/C18H16N2O3S2/c1-22-14-7-5-12(6-8-14)16-20-13(11-25-16)10-23-18(21)15-4-3-9-19-17(15)24-2/h3-9,11H,10H2,1-2H3. The van der Waals surface area contributed by atoms with E-state index in [0.29, 0.717) is 10.6 Å². The minimum Gasteiger partial charge on any atom is -0.497 e. The van der Waals surface area contributed by atoms with E-state index in [1.165, 1.54) is 23.1 Å². The summed E-state index contributed by atoms with van der Waals surface area (Å²) in [6.07, 6.45) is 3.53. The predicted octanol–water partition coefficient (Wildman–Crippen LogP) is 4.29. The summed E-state index contributed by atoms with van der Waals surface area (Å²) in [5, 5.41) is 3.43. The minimum atomic E-state index is -0.392. The van der Waals surface area contributed by atoms with Gasteiger partial charge in [-0.05, 0) is 42.7 Å². The molecule has 0 atom stereocenters. The summed E-state index contributed by atoms with van der Waals surface area (Å²) in [6.45, 7) is 0.133. The Morgan fingerprint density at radius 1 is 1.24 bits per heavy atom. The largest absolute Gasteiger partial charge is 0.497 e. The van der Waals surface area contributed by atoms with Crippen LogP contribution in [0.25, 0.3) is 10.6 Å². The van der Waals surface area contributed by atoms with Crippen molar-refractivity contribution < 1.29 is 14.3 Å². The van der Waals surface area contributed by atoms with Gasteiger partial charge >= 0.3 is 5.97 Å². The van der Waals surface area contributed by atoms with Gasteiger partial charge in [-0.25, -0.2) is 14.8 Å². The van der Waals surface area contributed by atoms with Crippen molar-refractivity contribution >= 4 is 29.1 Å². The number of ether oxygens (including phenoxy) is 2. The maximum Gasteiger partial charge on any atom is 0.341 e. The summed E-state index contributed by atoms with van der Waals surface area (Å²) < 4.78 is 10.5. The van der Waals surface area contributed by atoms with E-state index < -0.39 is 5.97 Å². The molecule has 7 heteroatoms. The lowest BCUT2D eigenvalue weighted by atomic mass is 10.2. The first-order valence-corrected chi connectivity index (χ1v) is 9.56. The van der Waals surface area contributed by atoms with Crippen LogP contribution in [-0.4, -0.2) is 29.3 Å². The lowest BCUT2D eigenvalue weighted by molar-refractivity contribution is 0.0463. The summed E-state index contributed by atoms with van der Waals surface area (Å²) in [6, 6.07) is 11.1. The fraction of sp³-hybridized carbons (Fsp3) is 0.167. The van der Waals surface area contributed by atoms with Gasteiger partial charge in [-0.15, -0.1) is 23.1 Å². The van der Waals surface area contributed by atoms with Crippen molar-refractivity contribution in [2.45, 2.75) is 11.6 Å². The minimum absolute atomic E-state index is 0.133. The van der Waals surface area contributed by atoms with E-state index in [1.807, 2.05) is 35.9 Å². The van der Waals surface area contributed by atoms with Gasteiger partial charge in [-0.1, -0.05) is 0 Å². The van der Waals surface area contributed by atoms with Crippen LogP contribution < -0.4 is 4.74 Å². The fourth-order valence-corrected chi connectivity index (χ4v) is 3.51. The van der Waals surface area contributed by atoms with Gasteiger partial charge in [-0.3, -0.25) is 0 Å². The highest BCUT2D eigenvalue weighted by Gasteiger charge is 2.14. The maximum absolute atomic E-state index is 12.2. The van der Waals surface area contributed by atoms with Crippen molar-refractivity contribution in [3.63, 3.8) is 0 Å². The first-order chi connectivity index (χ1) is 12.2. The lowest BCUT2D eigenvalue weighted by Gasteiger charge is -2.05. The molecule has 0 spiro atoms. The number of hydrogen-bond donors (Lipinski definition) is 0. The molecular weight excluding hydrogens is 356 g/mol. The van der Waals surface area contributed by atoms with Gasteiger partial charge in [0.15, 0.2) is 0 Å². The Morgan fingerprint density at radius 2 is 2.04 bits per heavy atom. The third-order valence-corrected chi connectivity index (χ3v) is 5.08. The number of carbonyl (C=O) groups is 1. The SMILES string of the molecule is COc1ccc(-c2nc(COC(=O)c3cccnc3SC)cs2)cc1. The molecule has 3 rings (SSSR count). The van der Waals surface area contributed by atoms with Crippen molar-refractivity contribution in [2.24, 2.45) is 0 Å². The summed E-state index contributed by atoms with van der Waals surface area (Å²) in [5.74, 6) is 0.409. The Kier molecular flexibility index (Phi) is 5.67. The van der Waals surface area contributed by atoms with Crippen LogP contribution in [0.2, 0.25) is 0 Å². The lowest BCUT2D eigenvalue weighted by Crippen LogP contribution is -2.07. The molecule has 0 unspecified atom stereocenters. The smallest absolute Gasteiger partial charge is 0.341 e. The number of nitrogens with zero attached hydrogens (tertiary/aromatic N) is 2. The second kappa shape index (κ2) is 8.13. The summed E-state index contributed by atoms with van der Waals surface area (Å²) in [4.78, 5) is 20.9. The molecule has 0 fully saturated rings. The number of esters is 1. The number of thioether (sulfide) groups is 1. The Labute approximate surface area is 154 Å². The van der Waals surface area contributed by atoms with E-state index >= 15 is 0 Å². The molecule has 5 nitrogen and oxygen atoms in total. The van der Waals surface area contributed by atoms with Crippen LogP contribution in [0.4, 0.5) is 0 Å². The number of aromatic nitrogens is 2. The third-order valence-electron chi connectivity index (χ3n) is 3.42. The van der Waals surface area contributed by atoms with E-state index in [0.717, 1.165) is 22.0 Å². The molecule has 3 aromatic rings. The topological polar surface area (TPSA) is 61.3 Å². The van der Waals surface area contributed by atoms with E-state index in [4.69, 9.17) is 9.47 Å². The molecule has 0 bridgehead atoms. The molecule has 2 heterocycles. The Morgan fingerprint density at radius 3 is 2.76 bits per heavy atom. The van der Waals surface area contributed by atoms with Crippen molar-refractivity contribution in [3.8, 4) is 16.3 Å². The molecule has 0 aliphatic rings. The Hall–Kier alpha value is -2.38. The number of pyridine rings is 1. The van der Waals surface area contributed by atoms with E-state index in [1.54, 1.807) is 25.4 Å². The highest BCUT2D eigenvalue weighted by Crippen LogP contribution is 2.26. The molecular formula is C18H16N2O3S2. The van der Waals surface area contributed by atoms with Crippen LogP contribution in [0.5, 0.6) is 5.75 Å². The zero-order valence-corrected chi connectivity index (χ0v) is 15.4. The first-order valence-electron chi connectivity index (χ1n) is 7.46. The van der Waals surface area contributed by atoms with Crippen LogP contribution in [0, 0.1) is 0 Å². The van der Waals surface area contributed by atoms with E-state index in [-0.39, 0.29) is 6.61 Å². The fourth-order valence-electron chi connectivity index (χ4n) is 2.17. The zero-order valence-electron chi connectivity index (χ0n) is 13.8. The average molecular weight is 372 g/mol. The number of benzene rings is 1. The summed E-state index contributed by atoms with van der Waals surface area (Å²) in [5.41, 5.74) is 2.19. The van der Waals surface area contributed by atoms with Gasteiger partial charge in [0, 0.05) is 17.1 Å². The number of carbonyl (C=O) groups excluding carboxylic acids is 1. The number of methoxy groups -OCH3 is 1. The van der Waals surface area contributed by atoms with Gasteiger partial charge in [0.25, 0.3) is 0 Å². The molecule has 0 amide bonds. The Bertz CT molecular complexity index is 863. The Balaban J connectivity index is 1.66. The number of hydrogen-bond acceptors (Lipinski definition) is 7. The molecule has 0 N–H and O–H groups in total. The molecule has 0 saturated heterocycles. The third kappa shape index (κ3) is 4.18. The summed E-state index contributed by atoms with van der Waals surface area (Å²) >= 11 is 2.93. The van der Waals surface area contributed by atoms with Crippen LogP contribution in [0.15, 0.2) is 53.0 Å². The van der Waals surface area contributed by atoms with E-state index in [9.17, 15) is 4.79 Å². The molecule has 0 aliphatic heterocycles. The maximum atomic E-state index is 12.2. The normalized spacial score (nSPS) is 10.5. The van der Waals surface area contributed by atoms with Gasteiger partial charge in [-0.2, -0.15) is 0 Å². The monoisotopic (exact) mass is 372 g/mol. The number of thiazole rings is 1. The first kappa shape index (κ1) is 17.4. The summed E-state index contributed by atoms with van der Waals surface area (Å²) in [7, 11) is 1.63. The number of rotatable bonds is 6. The zero-order chi connectivity index (χ0) is 17.6. The van der Waals surface area contributed by atoms with Crippen LogP contribution >= 0.6 is 23.1 Å². The van der Waals surface area contributed by atoms with Crippen molar-refractivity contribution in [2.75, 3.05) is 13.4 Å². The molecule has 0 aliphatic carbocycles. The molecule has 1 aromatic carbocycles. The van der Waals surface area contributed by atoms with Crippen molar-refractivity contribution in [1.29, 1.82) is 0 Å². The van der Waals surface area contributed by atoms with Gasteiger partial charge < -0.3 is 9.47 Å². The highest BCUT2D eigenvalue weighted by molar-refractivity contribution is 7.98. The van der Waals surface area contributed by atoms with Crippen LogP contribution in [0.3, 0.4) is 0 Å². The van der Waals surface area contributed by atoms with Gasteiger partial charge in [0.1, 0.15) is 22.4 Å². The predicted molar refractivity (Wildman–Crippen MR) is 99.2 cm³/mol. The van der Waals surface area contributed by atoms with Crippen molar-refractivity contribution in [1.82, 2.24) is 9.97 Å². The second-order valence-electron chi connectivity index (χ2n) is 5.01. The van der Waals surface area contributed by atoms with E-state index in [2.05, 4.69) is 9.97 Å². The molecule has 0 saturated carbocycles. The molecule has 128 valence electrons. The van der Waals surface area contributed by atoms with Crippen LogP contribution in [-0.2, 0) is 11.3 Å². The second-order valence-corrected chi connectivity index (χ2v) is 6.66. The molecule has 2 aromatic heterocycles. The van der Waals surface area contributed by atoms with Gasteiger partial charge in [0.2, 0.25) is 0 Å². The average Bonchev–Trinajstić information content (AvgIpc) is 3.15. The molecule has 0 radical (unpaired) electrons. The highest BCUT2D eigenvalue weighted by atomic mass is 32.2.